The van der Waals surface area contributed by atoms with Crippen molar-refractivity contribution in [2.24, 2.45) is 0 Å². The summed E-state index contributed by atoms with van der Waals surface area (Å²) < 4.78 is 43.5. The normalized spacial score (nSPS) is 11.6. The second-order valence-corrected chi connectivity index (χ2v) is 4.53. The van der Waals surface area contributed by atoms with E-state index in [-0.39, 0.29) is 20.9 Å². The monoisotopic (exact) mass is 333 g/mol. The molecule has 2 rings (SSSR count). The fourth-order valence-corrected chi connectivity index (χ4v) is 2.29. The van der Waals surface area contributed by atoms with Crippen LogP contribution >= 0.6 is 15.9 Å². The number of ether oxygens (including phenoxy) is 1. The molecule has 1 aromatic heterocycles. The van der Waals surface area contributed by atoms with Crippen molar-refractivity contribution in [3.8, 4) is 0 Å². The van der Waals surface area contributed by atoms with Gasteiger partial charge in [-0.2, -0.15) is 13.2 Å². The van der Waals surface area contributed by atoms with Gasteiger partial charge in [0, 0.05) is 21.4 Å². The van der Waals surface area contributed by atoms with Crippen LogP contribution in [-0.2, 0) is 10.9 Å². The predicted octanol–water partition coefficient (Wildman–Crippen LogP) is 3.80. The standard InChI is InChI=1S/C12H7BrF3NO2/c1-19-11(18)10-6-3-2-4-7(12(14,15)16)9(6)8(13)5-17-10/h2-5H,1H3. The molecule has 0 fully saturated rings. The molecule has 0 bridgehead atoms. The Morgan fingerprint density at radius 2 is 2.05 bits per heavy atom. The summed E-state index contributed by atoms with van der Waals surface area (Å²) in [6.45, 7) is 0. The van der Waals surface area contributed by atoms with Crippen LogP contribution in [0.25, 0.3) is 10.8 Å². The Bertz CT molecular complexity index is 655. The van der Waals surface area contributed by atoms with Gasteiger partial charge in [-0.1, -0.05) is 12.1 Å². The maximum absolute atomic E-state index is 13.0. The number of rotatable bonds is 1. The number of halogens is 4. The number of pyridine rings is 1. The molecule has 0 atom stereocenters. The molecular formula is C12H7BrF3NO2. The minimum absolute atomic E-state index is 0.0936. The molecule has 0 unspecified atom stereocenters. The Hall–Kier alpha value is -1.63. The Morgan fingerprint density at radius 3 is 2.63 bits per heavy atom. The van der Waals surface area contributed by atoms with Gasteiger partial charge in [0.25, 0.3) is 0 Å². The third kappa shape index (κ3) is 2.42. The summed E-state index contributed by atoms with van der Waals surface area (Å²) in [5.41, 5.74) is -0.976. The van der Waals surface area contributed by atoms with Gasteiger partial charge in [0.05, 0.1) is 12.7 Å². The van der Waals surface area contributed by atoms with Gasteiger partial charge in [0.2, 0.25) is 0 Å². The fourth-order valence-electron chi connectivity index (χ4n) is 1.76. The Morgan fingerprint density at radius 1 is 1.37 bits per heavy atom. The predicted molar refractivity (Wildman–Crippen MR) is 65.8 cm³/mol. The van der Waals surface area contributed by atoms with Crippen molar-refractivity contribution in [1.29, 1.82) is 0 Å². The minimum Gasteiger partial charge on any atom is -0.464 e. The van der Waals surface area contributed by atoms with Crippen LogP contribution < -0.4 is 0 Å². The lowest BCUT2D eigenvalue weighted by Gasteiger charge is -2.13. The smallest absolute Gasteiger partial charge is 0.417 e. The summed E-state index contributed by atoms with van der Waals surface area (Å²) in [7, 11) is 1.14. The van der Waals surface area contributed by atoms with Gasteiger partial charge in [-0.3, -0.25) is 0 Å². The number of benzene rings is 1. The van der Waals surface area contributed by atoms with Crippen LogP contribution in [0.1, 0.15) is 16.1 Å². The topological polar surface area (TPSA) is 39.2 Å². The molecule has 1 heterocycles. The van der Waals surface area contributed by atoms with Gasteiger partial charge in [-0.05, 0) is 22.0 Å². The van der Waals surface area contributed by atoms with Crippen molar-refractivity contribution in [2.75, 3.05) is 7.11 Å². The zero-order valence-electron chi connectivity index (χ0n) is 9.58. The van der Waals surface area contributed by atoms with E-state index >= 15 is 0 Å². The van der Waals surface area contributed by atoms with Gasteiger partial charge in [0.15, 0.2) is 5.69 Å². The molecule has 0 aliphatic carbocycles. The van der Waals surface area contributed by atoms with Crippen LogP contribution in [0.2, 0.25) is 0 Å². The summed E-state index contributed by atoms with van der Waals surface area (Å²) in [5, 5.41) is -0.0125. The van der Waals surface area contributed by atoms with E-state index in [1.54, 1.807) is 0 Å². The van der Waals surface area contributed by atoms with Crippen LogP contribution in [0.15, 0.2) is 28.9 Å². The van der Waals surface area contributed by atoms with Crippen molar-refractivity contribution in [3.63, 3.8) is 0 Å². The average molecular weight is 334 g/mol. The van der Waals surface area contributed by atoms with Gasteiger partial charge >= 0.3 is 12.1 Å². The molecule has 0 N–H and O–H groups in total. The number of aromatic nitrogens is 1. The lowest BCUT2D eigenvalue weighted by molar-refractivity contribution is -0.136. The van der Waals surface area contributed by atoms with Crippen LogP contribution in [0.3, 0.4) is 0 Å². The molecule has 7 heteroatoms. The highest BCUT2D eigenvalue weighted by Gasteiger charge is 2.34. The first kappa shape index (κ1) is 13.8. The molecule has 0 amide bonds. The van der Waals surface area contributed by atoms with E-state index in [9.17, 15) is 18.0 Å². The molecule has 19 heavy (non-hydrogen) atoms. The number of esters is 1. The van der Waals surface area contributed by atoms with Gasteiger partial charge < -0.3 is 4.74 Å². The van der Waals surface area contributed by atoms with Crippen molar-refractivity contribution in [1.82, 2.24) is 4.98 Å². The van der Waals surface area contributed by atoms with Gasteiger partial charge in [-0.25, -0.2) is 9.78 Å². The first-order valence-electron chi connectivity index (χ1n) is 5.09. The highest BCUT2D eigenvalue weighted by Crippen LogP contribution is 2.38. The minimum atomic E-state index is -4.52. The maximum atomic E-state index is 13.0. The molecule has 0 aliphatic heterocycles. The largest absolute Gasteiger partial charge is 0.464 e. The quantitative estimate of drug-likeness (QED) is 0.745. The highest BCUT2D eigenvalue weighted by molar-refractivity contribution is 9.10. The molecule has 0 aliphatic rings. The summed E-state index contributed by atoms with van der Waals surface area (Å²) in [6, 6.07) is 3.58. The summed E-state index contributed by atoms with van der Waals surface area (Å²) in [6.07, 6.45) is -3.36. The van der Waals surface area contributed by atoms with Crippen LogP contribution in [0.4, 0.5) is 13.2 Å². The van der Waals surface area contributed by atoms with E-state index in [0.717, 1.165) is 19.4 Å². The molecule has 3 nitrogen and oxygen atoms in total. The third-order valence-electron chi connectivity index (χ3n) is 2.55. The van der Waals surface area contributed by atoms with Crippen molar-refractivity contribution < 1.29 is 22.7 Å². The zero-order chi connectivity index (χ0) is 14.2. The van der Waals surface area contributed by atoms with Crippen molar-refractivity contribution in [2.45, 2.75) is 6.18 Å². The van der Waals surface area contributed by atoms with E-state index in [1.165, 1.54) is 12.1 Å². The molecule has 1 aromatic carbocycles. The van der Waals surface area contributed by atoms with Crippen LogP contribution in [-0.4, -0.2) is 18.1 Å². The molecule has 0 saturated carbocycles. The van der Waals surface area contributed by atoms with E-state index in [4.69, 9.17) is 0 Å². The molecule has 2 aromatic rings. The lowest BCUT2D eigenvalue weighted by atomic mass is 10.0. The first-order chi connectivity index (χ1) is 8.86. The Kier molecular flexibility index (Phi) is 3.49. The summed E-state index contributed by atoms with van der Waals surface area (Å²) >= 11 is 3.03. The molecule has 0 spiro atoms. The first-order valence-corrected chi connectivity index (χ1v) is 5.88. The number of hydrogen-bond acceptors (Lipinski definition) is 3. The fraction of sp³-hybridized carbons (Fsp3) is 0.167. The number of fused-ring (bicyclic) bond motifs is 1. The number of hydrogen-bond donors (Lipinski definition) is 0. The second-order valence-electron chi connectivity index (χ2n) is 3.67. The van der Waals surface area contributed by atoms with Gasteiger partial charge in [-0.15, -0.1) is 0 Å². The summed E-state index contributed by atoms with van der Waals surface area (Å²) in [5.74, 6) is -0.781. The van der Waals surface area contributed by atoms with E-state index < -0.39 is 17.7 Å². The third-order valence-corrected chi connectivity index (χ3v) is 3.15. The van der Waals surface area contributed by atoms with E-state index in [0.29, 0.717) is 0 Å². The number of alkyl halides is 3. The van der Waals surface area contributed by atoms with Crippen LogP contribution in [0.5, 0.6) is 0 Å². The van der Waals surface area contributed by atoms with Crippen molar-refractivity contribution in [3.05, 3.63) is 40.1 Å². The molecule has 0 saturated heterocycles. The van der Waals surface area contributed by atoms with Gasteiger partial charge in [0.1, 0.15) is 0 Å². The number of carbonyl (C=O) groups excluding carboxylic acids is 1. The Labute approximate surface area is 114 Å². The SMILES string of the molecule is COC(=O)c1ncc(Br)c2c(C(F)(F)F)cccc12. The second kappa shape index (κ2) is 4.80. The number of nitrogens with zero attached hydrogens (tertiary/aromatic N) is 1. The molecule has 100 valence electrons. The van der Waals surface area contributed by atoms with E-state index in [2.05, 4.69) is 25.7 Å². The number of methoxy groups -OCH3 is 1. The maximum Gasteiger partial charge on any atom is 0.417 e. The average Bonchev–Trinajstić information content (AvgIpc) is 2.37. The zero-order valence-corrected chi connectivity index (χ0v) is 11.2. The van der Waals surface area contributed by atoms with E-state index in [1.807, 2.05) is 0 Å². The molecular weight excluding hydrogens is 327 g/mol. The highest BCUT2D eigenvalue weighted by atomic mass is 79.9. The number of carbonyl (C=O) groups is 1. The molecule has 0 radical (unpaired) electrons. The van der Waals surface area contributed by atoms with Crippen LogP contribution in [0, 0.1) is 0 Å². The Balaban J connectivity index is 2.87. The lowest BCUT2D eigenvalue weighted by Crippen LogP contribution is -2.09. The van der Waals surface area contributed by atoms with Crippen molar-refractivity contribution >= 4 is 32.7 Å². The summed E-state index contributed by atoms with van der Waals surface area (Å²) in [4.78, 5) is 15.3.